The fourth-order valence-corrected chi connectivity index (χ4v) is 3.54. The maximum atomic E-state index is 13.3. The number of benzene rings is 3. The highest BCUT2D eigenvalue weighted by atomic mass is 19.1. The molecule has 0 radical (unpaired) electrons. The summed E-state index contributed by atoms with van der Waals surface area (Å²) in [6, 6.07) is 24.5. The van der Waals surface area contributed by atoms with E-state index in [1.54, 1.807) is 0 Å². The van der Waals surface area contributed by atoms with Crippen LogP contribution in [0.25, 0.3) is 0 Å². The van der Waals surface area contributed by atoms with Gasteiger partial charge in [-0.1, -0.05) is 55.3 Å². The van der Waals surface area contributed by atoms with E-state index >= 15 is 0 Å². The summed E-state index contributed by atoms with van der Waals surface area (Å²) in [6.07, 6.45) is 9.46. The third kappa shape index (κ3) is 4.81. The first-order chi connectivity index (χ1) is 13.6. The molecule has 0 N–H and O–H groups in total. The molecule has 0 spiro atoms. The van der Waals surface area contributed by atoms with Crippen LogP contribution in [-0.4, -0.2) is 0 Å². The van der Waals surface area contributed by atoms with E-state index in [1.165, 1.54) is 17.7 Å². The first-order valence-corrected chi connectivity index (χ1v) is 9.71. The summed E-state index contributed by atoms with van der Waals surface area (Å²) < 4.78 is 19.2. The van der Waals surface area contributed by atoms with Gasteiger partial charge >= 0.3 is 0 Å². The lowest BCUT2D eigenvalue weighted by Crippen LogP contribution is -2.23. The minimum Gasteiger partial charge on any atom is -0.457 e. The molecule has 0 aromatic heterocycles. The molecule has 0 aliphatic rings. The van der Waals surface area contributed by atoms with E-state index in [9.17, 15) is 4.39 Å². The van der Waals surface area contributed by atoms with Crippen LogP contribution in [0, 0.1) is 18.2 Å². The molecule has 3 rings (SSSR count). The van der Waals surface area contributed by atoms with Gasteiger partial charge in [0.25, 0.3) is 0 Å². The number of rotatable bonds is 8. The highest BCUT2D eigenvalue weighted by Gasteiger charge is 2.27. The van der Waals surface area contributed by atoms with Gasteiger partial charge < -0.3 is 4.74 Å². The zero-order valence-electron chi connectivity index (χ0n) is 16.2. The van der Waals surface area contributed by atoms with E-state index in [2.05, 4.69) is 25.0 Å². The first kappa shape index (κ1) is 19.7. The molecule has 0 bridgehead atoms. The summed E-state index contributed by atoms with van der Waals surface area (Å²) in [5.41, 5.74) is 1.88. The van der Waals surface area contributed by atoms with Crippen LogP contribution in [0.1, 0.15) is 37.3 Å². The highest BCUT2D eigenvalue weighted by Crippen LogP contribution is 2.33. The second-order valence-corrected chi connectivity index (χ2v) is 7.00. The second kappa shape index (κ2) is 9.24. The first-order valence-electron chi connectivity index (χ1n) is 9.71. The van der Waals surface area contributed by atoms with Gasteiger partial charge in [0.1, 0.15) is 17.3 Å². The van der Waals surface area contributed by atoms with Gasteiger partial charge in [0.2, 0.25) is 0 Å². The van der Waals surface area contributed by atoms with E-state index in [4.69, 9.17) is 11.2 Å². The number of hydrogen-bond donors (Lipinski definition) is 0. The molecule has 0 heterocycles. The molecule has 0 saturated heterocycles. The Hall–Kier alpha value is -3.05. The van der Waals surface area contributed by atoms with E-state index in [1.807, 2.05) is 54.6 Å². The van der Waals surface area contributed by atoms with Gasteiger partial charge in [0.05, 0.1) is 5.41 Å². The van der Waals surface area contributed by atoms with Crippen LogP contribution in [-0.2, 0) is 11.8 Å². The van der Waals surface area contributed by atoms with Crippen molar-refractivity contribution in [2.45, 2.75) is 38.0 Å². The molecule has 3 aromatic rings. The van der Waals surface area contributed by atoms with Gasteiger partial charge in [-0.3, -0.25) is 0 Å². The Morgan fingerprint density at radius 2 is 1.64 bits per heavy atom. The third-order valence-corrected chi connectivity index (χ3v) is 5.22. The van der Waals surface area contributed by atoms with Gasteiger partial charge in [0.15, 0.2) is 0 Å². The van der Waals surface area contributed by atoms with Gasteiger partial charge in [0, 0.05) is 0 Å². The van der Waals surface area contributed by atoms with E-state index in [0.717, 1.165) is 42.7 Å². The van der Waals surface area contributed by atoms with Crippen molar-refractivity contribution in [2.24, 2.45) is 0 Å². The van der Waals surface area contributed by atoms with Crippen LogP contribution in [0.3, 0.4) is 0 Å². The van der Waals surface area contributed by atoms with Crippen molar-refractivity contribution in [3.8, 4) is 23.8 Å². The average Bonchev–Trinajstić information content (AvgIpc) is 2.73. The monoisotopic (exact) mass is 372 g/mol. The molecular formula is C26H25FO. The molecule has 0 aliphatic carbocycles. The summed E-state index contributed by atoms with van der Waals surface area (Å²) in [5.74, 6) is 4.41. The lowest BCUT2D eigenvalue weighted by atomic mass is 9.75. The van der Waals surface area contributed by atoms with E-state index in [-0.39, 0.29) is 11.2 Å². The second-order valence-electron chi connectivity index (χ2n) is 7.00. The van der Waals surface area contributed by atoms with Crippen LogP contribution in [0.5, 0.6) is 11.5 Å². The van der Waals surface area contributed by atoms with Gasteiger partial charge in [-0.15, -0.1) is 6.42 Å². The Labute approximate surface area is 167 Å². The maximum Gasteiger partial charge on any atom is 0.127 e. The number of terminal acetylenes is 1. The van der Waals surface area contributed by atoms with Crippen molar-refractivity contribution in [1.82, 2.24) is 0 Å². The quantitative estimate of drug-likeness (QED) is 0.390. The van der Waals surface area contributed by atoms with Crippen molar-refractivity contribution >= 4 is 0 Å². The Morgan fingerprint density at radius 3 is 2.32 bits per heavy atom. The zero-order chi connectivity index (χ0) is 19.8. The summed E-state index contributed by atoms with van der Waals surface area (Å²) in [5, 5.41) is 0. The van der Waals surface area contributed by atoms with Gasteiger partial charge in [-0.25, -0.2) is 4.39 Å². The molecule has 28 heavy (non-hydrogen) atoms. The number of para-hydroxylation sites is 1. The van der Waals surface area contributed by atoms with Crippen LogP contribution in [0.2, 0.25) is 0 Å². The van der Waals surface area contributed by atoms with Crippen molar-refractivity contribution in [2.75, 3.05) is 0 Å². The minimum absolute atomic E-state index is 0.235. The summed E-state index contributed by atoms with van der Waals surface area (Å²) in [6.45, 7) is 2.09. The predicted molar refractivity (Wildman–Crippen MR) is 113 cm³/mol. The highest BCUT2D eigenvalue weighted by molar-refractivity contribution is 5.36. The van der Waals surface area contributed by atoms with E-state index in [0.29, 0.717) is 0 Å². The third-order valence-electron chi connectivity index (χ3n) is 5.22. The number of ether oxygens (including phenoxy) is 1. The van der Waals surface area contributed by atoms with Crippen molar-refractivity contribution in [3.05, 3.63) is 95.8 Å². The fraction of sp³-hybridized carbons (Fsp3) is 0.231. The Kier molecular flexibility index (Phi) is 6.50. The molecular weight excluding hydrogens is 347 g/mol. The lowest BCUT2D eigenvalue weighted by Gasteiger charge is -2.28. The van der Waals surface area contributed by atoms with Crippen molar-refractivity contribution in [1.29, 1.82) is 0 Å². The van der Waals surface area contributed by atoms with Crippen LogP contribution in [0.15, 0.2) is 78.9 Å². The molecule has 0 amide bonds. The molecule has 0 fully saturated rings. The topological polar surface area (TPSA) is 9.23 Å². The van der Waals surface area contributed by atoms with Gasteiger partial charge in [-0.2, -0.15) is 0 Å². The molecule has 2 heteroatoms. The van der Waals surface area contributed by atoms with Crippen LogP contribution >= 0.6 is 0 Å². The van der Waals surface area contributed by atoms with Crippen molar-refractivity contribution in [3.63, 3.8) is 0 Å². The maximum absolute atomic E-state index is 13.3. The molecule has 1 atom stereocenters. The smallest absolute Gasteiger partial charge is 0.127 e. The number of hydrogen-bond acceptors (Lipinski definition) is 1. The van der Waals surface area contributed by atoms with E-state index < -0.39 is 0 Å². The predicted octanol–water partition coefficient (Wildman–Crippen LogP) is 6.92. The molecule has 1 unspecified atom stereocenters. The molecule has 142 valence electrons. The largest absolute Gasteiger partial charge is 0.457 e. The Balaban J connectivity index is 1.65. The number of aryl methyl sites for hydroxylation is 1. The summed E-state index contributed by atoms with van der Waals surface area (Å²) in [7, 11) is 0. The standard InChI is InChI=1S/C26H25FO/c1-3-26(4-2,22-15-17-23(27)18-16-22)19-9-11-21-10-8-14-25(20-21)28-24-12-6-5-7-13-24/h1,5-8,10,12-18,20H,4,9,11,19H2,2H3. The molecule has 3 aromatic carbocycles. The zero-order valence-corrected chi connectivity index (χ0v) is 16.2. The Bertz CT molecular complexity index is 925. The Morgan fingerprint density at radius 1 is 0.929 bits per heavy atom. The van der Waals surface area contributed by atoms with Crippen LogP contribution in [0.4, 0.5) is 4.39 Å². The van der Waals surface area contributed by atoms with Crippen LogP contribution < -0.4 is 4.74 Å². The average molecular weight is 372 g/mol. The normalized spacial score (nSPS) is 12.8. The lowest BCUT2D eigenvalue weighted by molar-refractivity contribution is 0.470. The number of halogens is 1. The van der Waals surface area contributed by atoms with Crippen molar-refractivity contribution < 1.29 is 9.13 Å². The minimum atomic E-state index is -0.355. The molecule has 1 nitrogen and oxygen atoms in total. The molecule has 0 aliphatic heterocycles. The fourth-order valence-electron chi connectivity index (χ4n) is 3.54. The summed E-state index contributed by atoms with van der Waals surface area (Å²) in [4.78, 5) is 0. The summed E-state index contributed by atoms with van der Waals surface area (Å²) >= 11 is 0. The SMILES string of the molecule is C#CC(CC)(CCCc1cccc(Oc2ccccc2)c1)c1ccc(F)cc1. The van der Waals surface area contributed by atoms with Gasteiger partial charge in [-0.05, 0) is 73.2 Å². The molecule has 0 saturated carbocycles.